The third-order valence-electron chi connectivity index (χ3n) is 0.900. The maximum Gasteiger partial charge on any atom is 0.0905 e. The summed E-state index contributed by atoms with van der Waals surface area (Å²) in [6, 6.07) is 0. The van der Waals surface area contributed by atoms with Gasteiger partial charge in [-0.2, -0.15) is 0 Å². The van der Waals surface area contributed by atoms with Gasteiger partial charge in [-0.05, 0) is 19.4 Å². The van der Waals surface area contributed by atoms with Gasteiger partial charge in [-0.25, -0.2) is 0 Å². The number of rotatable bonds is 4. The maximum atomic E-state index is 6.81. The molecule has 0 bridgehead atoms. The molecule has 5 N–H and O–H groups in total. The quantitative estimate of drug-likeness (QED) is 0.275. The van der Waals surface area contributed by atoms with E-state index in [0.29, 0.717) is 13.0 Å². The monoisotopic (exact) mass is 115 g/mol. The third-order valence-corrected chi connectivity index (χ3v) is 0.900. The van der Waals surface area contributed by atoms with Crippen LogP contribution in [0.4, 0.5) is 0 Å². The Bertz CT molecular complexity index is 70.1. The highest BCUT2D eigenvalue weighted by atomic mass is 14.7. The first-order valence-electron chi connectivity index (χ1n) is 2.80. The lowest BCUT2D eigenvalue weighted by Gasteiger charge is -1.93. The van der Waals surface area contributed by atoms with E-state index in [0.717, 1.165) is 12.8 Å². The Morgan fingerprint density at radius 1 is 1.38 bits per heavy atom. The van der Waals surface area contributed by atoms with Gasteiger partial charge in [0.25, 0.3) is 0 Å². The predicted octanol–water partition coefficient (Wildman–Crippen LogP) is 0.0514. The lowest BCUT2D eigenvalue weighted by atomic mass is 10.2. The van der Waals surface area contributed by atoms with Crippen LogP contribution in [0.2, 0.25) is 0 Å². The van der Waals surface area contributed by atoms with Crippen LogP contribution in [0.25, 0.3) is 0 Å². The van der Waals surface area contributed by atoms with Crippen molar-refractivity contribution in [2.75, 3.05) is 6.54 Å². The van der Waals surface area contributed by atoms with Gasteiger partial charge in [0.15, 0.2) is 0 Å². The fraction of sp³-hybridized carbons (Fsp3) is 0.800. The molecule has 0 aromatic heterocycles. The number of hydrogen-bond acceptors (Lipinski definition) is 2. The summed E-state index contributed by atoms with van der Waals surface area (Å²) in [5, 5.41) is 6.81. The molecule has 0 spiro atoms. The zero-order valence-corrected chi connectivity index (χ0v) is 4.98. The lowest BCUT2D eigenvalue weighted by molar-refractivity contribution is 0.769. The minimum Gasteiger partial charge on any atom is -0.388 e. The smallest absolute Gasteiger partial charge is 0.0905 e. The van der Waals surface area contributed by atoms with Crippen LogP contribution < -0.4 is 11.5 Å². The van der Waals surface area contributed by atoms with Crippen molar-refractivity contribution in [3.8, 4) is 0 Å². The van der Waals surface area contributed by atoms with Crippen LogP contribution in [0.1, 0.15) is 19.3 Å². The molecule has 0 amide bonds. The van der Waals surface area contributed by atoms with Crippen LogP contribution in [0.5, 0.6) is 0 Å². The van der Waals surface area contributed by atoms with E-state index in [4.69, 9.17) is 16.9 Å². The largest absolute Gasteiger partial charge is 0.388 e. The van der Waals surface area contributed by atoms with Crippen molar-refractivity contribution in [2.45, 2.75) is 19.3 Å². The number of hydrogen-bond donors (Lipinski definition) is 3. The van der Waals surface area contributed by atoms with Crippen molar-refractivity contribution in [2.24, 2.45) is 11.5 Å². The topological polar surface area (TPSA) is 75.9 Å². The van der Waals surface area contributed by atoms with Gasteiger partial charge in [-0.3, -0.25) is 5.41 Å². The van der Waals surface area contributed by atoms with Gasteiger partial charge in [0.05, 0.1) is 5.84 Å². The zero-order chi connectivity index (χ0) is 6.41. The molecule has 0 aromatic rings. The molecule has 0 atom stereocenters. The van der Waals surface area contributed by atoms with Crippen molar-refractivity contribution < 1.29 is 0 Å². The van der Waals surface area contributed by atoms with Gasteiger partial charge < -0.3 is 11.5 Å². The fourth-order valence-electron chi connectivity index (χ4n) is 0.460. The standard InChI is InChI=1S/C5H13N3/c6-4-2-1-3-5(7)8/h1-4,6H2,(H3,7,8). The van der Waals surface area contributed by atoms with Crippen molar-refractivity contribution in [1.82, 2.24) is 0 Å². The molecule has 0 radical (unpaired) electrons. The molecule has 0 aliphatic rings. The molecular weight excluding hydrogens is 102 g/mol. The molecule has 0 unspecified atom stereocenters. The van der Waals surface area contributed by atoms with Crippen molar-refractivity contribution in [3.63, 3.8) is 0 Å². The predicted molar refractivity (Wildman–Crippen MR) is 34.8 cm³/mol. The summed E-state index contributed by atoms with van der Waals surface area (Å²) in [5.74, 6) is 0.262. The van der Waals surface area contributed by atoms with Crippen LogP contribution in [-0.4, -0.2) is 12.4 Å². The molecule has 48 valence electrons. The van der Waals surface area contributed by atoms with Gasteiger partial charge in [0, 0.05) is 6.42 Å². The van der Waals surface area contributed by atoms with E-state index in [2.05, 4.69) is 0 Å². The number of unbranched alkanes of at least 4 members (excludes halogenated alkanes) is 1. The van der Waals surface area contributed by atoms with Crippen LogP contribution in [0.15, 0.2) is 0 Å². The van der Waals surface area contributed by atoms with E-state index >= 15 is 0 Å². The minimum atomic E-state index is 0.262. The number of nitrogens with two attached hydrogens (primary N) is 2. The van der Waals surface area contributed by atoms with Crippen molar-refractivity contribution in [3.05, 3.63) is 0 Å². The molecule has 0 aliphatic heterocycles. The van der Waals surface area contributed by atoms with E-state index in [-0.39, 0.29) is 5.84 Å². The molecule has 3 nitrogen and oxygen atoms in total. The fourth-order valence-corrected chi connectivity index (χ4v) is 0.460. The number of nitrogens with one attached hydrogen (secondary N) is 1. The highest BCUT2D eigenvalue weighted by Gasteiger charge is 1.86. The van der Waals surface area contributed by atoms with Gasteiger partial charge in [0.2, 0.25) is 0 Å². The summed E-state index contributed by atoms with van der Waals surface area (Å²) in [6.07, 6.45) is 2.61. The Morgan fingerprint density at radius 2 is 2.00 bits per heavy atom. The first-order chi connectivity index (χ1) is 3.77. The zero-order valence-electron chi connectivity index (χ0n) is 4.98. The summed E-state index contributed by atoms with van der Waals surface area (Å²) in [4.78, 5) is 0. The highest BCUT2D eigenvalue weighted by Crippen LogP contribution is 1.90. The second-order valence-corrected chi connectivity index (χ2v) is 1.77. The third kappa shape index (κ3) is 5.43. The second kappa shape index (κ2) is 4.59. The Hall–Kier alpha value is -0.570. The molecule has 0 heterocycles. The Balaban J connectivity index is 2.82. The summed E-state index contributed by atoms with van der Waals surface area (Å²) in [7, 11) is 0. The van der Waals surface area contributed by atoms with E-state index in [1.165, 1.54) is 0 Å². The normalized spacial score (nSPS) is 9.12. The molecule has 0 aromatic carbocycles. The van der Waals surface area contributed by atoms with Crippen molar-refractivity contribution >= 4 is 5.84 Å². The first kappa shape index (κ1) is 7.43. The molecule has 0 saturated carbocycles. The summed E-state index contributed by atoms with van der Waals surface area (Å²) in [5.41, 5.74) is 10.3. The Morgan fingerprint density at radius 3 is 2.38 bits per heavy atom. The van der Waals surface area contributed by atoms with E-state index in [1.54, 1.807) is 0 Å². The van der Waals surface area contributed by atoms with Crippen LogP contribution >= 0.6 is 0 Å². The van der Waals surface area contributed by atoms with Crippen LogP contribution in [0, 0.1) is 5.41 Å². The lowest BCUT2D eigenvalue weighted by Crippen LogP contribution is -2.09. The maximum absolute atomic E-state index is 6.81. The molecule has 0 saturated heterocycles. The van der Waals surface area contributed by atoms with Crippen molar-refractivity contribution in [1.29, 1.82) is 5.41 Å². The average Bonchev–Trinajstić information content (AvgIpc) is 1.66. The molecule has 8 heavy (non-hydrogen) atoms. The van der Waals surface area contributed by atoms with E-state index < -0.39 is 0 Å². The highest BCUT2D eigenvalue weighted by molar-refractivity contribution is 5.76. The Kier molecular flexibility index (Phi) is 4.26. The molecule has 0 rings (SSSR count). The second-order valence-electron chi connectivity index (χ2n) is 1.77. The van der Waals surface area contributed by atoms with Crippen LogP contribution in [-0.2, 0) is 0 Å². The summed E-state index contributed by atoms with van der Waals surface area (Å²) < 4.78 is 0. The SMILES string of the molecule is N=C(N)CCCCN. The number of amidine groups is 1. The van der Waals surface area contributed by atoms with E-state index in [1.807, 2.05) is 0 Å². The van der Waals surface area contributed by atoms with Gasteiger partial charge >= 0.3 is 0 Å². The molecule has 3 heteroatoms. The first-order valence-corrected chi connectivity index (χ1v) is 2.80. The molecule has 0 fully saturated rings. The minimum absolute atomic E-state index is 0.262. The average molecular weight is 115 g/mol. The summed E-state index contributed by atoms with van der Waals surface area (Å²) >= 11 is 0. The molecule has 0 aliphatic carbocycles. The van der Waals surface area contributed by atoms with E-state index in [9.17, 15) is 0 Å². The summed E-state index contributed by atoms with van der Waals surface area (Å²) in [6.45, 7) is 0.702. The molecular formula is C5H13N3. The Labute approximate surface area is 49.6 Å². The van der Waals surface area contributed by atoms with Gasteiger partial charge in [0.1, 0.15) is 0 Å². The van der Waals surface area contributed by atoms with Crippen LogP contribution in [0.3, 0.4) is 0 Å². The van der Waals surface area contributed by atoms with Gasteiger partial charge in [-0.15, -0.1) is 0 Å². The van der Waals surface area contributed by atoms with Gasteiger partial charge in [-0.1, -0.05) is 0 Å².